The average molecular weight is 486 g/mol. The van der Waals surface area contributed by atoms with E-state index in [0.717, 1.165) is 26.6 Å². The molecule has 0 aliphatic rings. The van der Waals surface area contributed by atoms with E-state index in [1.165, 1.54) is 17.3 Å². The predicted octanol–water partition coefficient (Wildman–Crippen LogP) is 6.39. The van der Waals surface area contributed by atoms with Gasteiger partial charge in [-0.25, -0.2) is 0 Å². The molecule has 1 amide bonds. The van der Waals surface area contributed by atoms with Gasteiger partial charge in [0.1, 0.15) is 0 Å². The summed E-state index contributed by atoms with van der Waals surface area (Å²) in [6.07, 6.45) is 1.06. The summed E-state index contributed by atoms with van der Waals surface area (Å²) in [5.41, 5.74) is 1.93. The van der Waals surface area contributed by atoms with E-state index in [4.69, 9.17) is 4.74 Å². The van der Waals surface area contributed by atoms with Crippen LogP contribution in [0.4, 0.5) is 5.69 Å². The number of hydrogen-bond donors (Lipinski definition) is 1. The van der Waals surface area contributed by atoms with Gasteiger partial charge in [-0.15, -0.1) is 11.8 Å². The molecule has 0 radical (unpaired) electrons. The molecular weight excluding hydrogens is 462 g/mol. The van der Waals surface area contributed by atoms with Crippen LogP contribution in [0.1, 0.15) is 31.7 Å². The van der Waals surface area contributed by atoms with Gasteiger partial charge in [0.15, 0.2) is 6.61 Å². The summed E-state index contributed by atoms with van der Waals surface area (Å²) in [4.78, 5) is 25.1. The van der Waals surface area contributed by atoms with Crippen molar-refractivity contribution in [3.8, 4) is 0 Å². The van der Waals surface area contributed by atoms with Crippen molar-refractivity contribution in [3.05, 3.63) is 70.7 Å². The topological polar surface area (TPSA) is 55.4 Å². The van der Waals surface area contributed by atoms with Crippen molar-refractivity contribution in [2.24, 2.45) is 0 Å². The summed E-state index contributed by atoms with van der Waals surface area (Å²) >= 11 is 4.99. The highest BCUT2D eigenvalue weighted by Crippen LogP contribution is 2.34. The van der Waals surface area contributed by atoms with Crippen LogP contribution in [0.5, 0.6) is 0 Å². The molecule has 156 valence electrons. The SMILES string of the molecule is CC[C@H](C)c1ccc(NC(=O)COC(=O)CSc2ccc3ccccc3c2Br)cc1. The quantitative estimate of drug-likeness (QED) is 0.296. The fourth-order valence-electron chi connectivity index (χ4n) is 2.98. The fraction of sp³-hybridized carbons (Fsp3) is 0.250. The van der Waals surface area contributed by atoms with Crippen molar-refractivity contribution in [2.45, 2.75) is 31.1 Å². The second-order valence-corrected chi connectivity index (χ2v) is 8.84. The van der Waals surface area contributed by atoms with E-state index < -0.39 is 5.97 Å². The number of fused-ring (bicyclic) bond motifs is 1. The van der Waals surface area contributed by atoms with E-state index in [1.807, 2.05) is 60.7 Å². The summed E-state index contributed by atoms with van der Waals surface area (Å²) in [7, 11) is 0. The number of amides is 1. The fourth-order valence-corrected chi connectivity index (χ4v) is 4.57. The Balaban J connectivity index is 1.46. The van der Waals surface area contributed by atoms with Gasteiger partial charge in [-0.05, 0) is 62.8 Å². The van der Waals surface area contributed by atoms with Gasteiger partial charge in [0.25, 0.3) is 5.91 Å². The molecule has 3 aromatic carbocycles. The number of benzene rings is 3. The smallest absolute Gasteiger partial charge is 0.316 e. The zero-order valence-corrected chi connectivity index (χ0v) is 19.4. The second kappa shape index (κ2) is 10.6. The van der Waals surface area contributed by atoms with Gasteiger partial charge in [-0.1, -0.05) is 56.3 Å². The van der Waals surface area contributed by atoms with Crippen LogP contribution in [0.15, 0.2) is 70.0 Å². The van der Waals surface area contributed by atoms with E-state index in [0.29, 0.717) is 11.6 Å². The predicted molar refractivity (Wildman–Crippen MR) is 127 cm³/mol. The molecule has 3 rings (SSSR count). The molecule has 30 heavy (non-hydrogen) atoms. The highest BCUT2D eigenvalue weighted by atomic mass is 79.9. The number of hydrogen-bond acceptors (Lipinski definition) is 4. The molecule has 0 aromatic heterocycles. The largest absolute Gasteiger partial charge is 0.455 e. The highest BCUT2D eigenvalue weighted by Gasteiger charge is 2.12. The van der Waals surface area contributed by atoms with Crippen LogP contribution in [0, 0.1) is 0 Å². The molecule has 3 aromatic rings. The van der Waals surface area contributed by atoms with Gasteiger partial charge in [-0.3, -0.25) is 9.59 Å². The van der Waals surface area contributed by atoms with Crippen LogP contribution in [-0.2, 0) is 14.3 Å². The summed E-state index contributed by atoms with van der Waals surface area (Å²) in [5, 5.41) is 4.98. The van der Waals surface area contributed by atoms with Crippen molar-refractivity contribution < 1.29 is 14.3 Å². The minimum atomic E-state index is -0.428. The standard InChI is InChI=1S/C24H24BrNO3S/c1-3-16(2)17-8-11-19(12-9-17)26-22(27)14-29-23(28)15-30-21-13-10-18-6-4-5-7-20(18)24(21)25/h4-13,16H,3,14-15H2,1-2H3,(H,26,27)/t16-/m0/s1. The van der Waals surface area contributed by atoms with Gasteiger partial charge in [0.2, 0.25) is 0 Å². The lowest BCUT2D eigenvalue weighted by molar-refractivity contribution is -0.144. The molecule has 0 aliphatic heterocycles. The molecule has 6 heteroatoms. The van der Waals surface area contributed by atoms with Crippen molar-refractivity contribution in [3.63, 3.8) is 0 Å². The second-order valence-electron chi connectivity index (χ2n) is 7.03. The van der Waals surface area contributed by atoms with Crippen LogP contribution in [-0.4, -0.2) is 24.2 Å². The number of esters is 1. The monoisotopic (exact) mass is 485 g/mol. The van der Waals surface area contributed by atoms with Crippen LogP contribution in [0.2, 0.25) is 0 Å². The maximum atomic E-state index is 12.1. The number of nitrogens with one attached hydrogen (secondary N) is 1. The van der Waals surface area contributed by atoms with Gasteiger partial charge in [0, 0.05) is 15.1 Å². The molecule has 0 aliphatic carbocycles. The summed E-state index contributed by atoms with van der Waals surface area (Å²) < 4.78 is 6.07. The third-order valence-corrected chi connectivity index (χ3v) is 7.06. The number of ether oxygens (including phenoxy) is 1. The summed E-state index contributed by atoms with van der Waals surface area (Å²) in [6, 6.07) is 19.8. The van der Waals surface area contributed by atoms with Crippen molar-refractivity contribution >= 4 is 56.0 Å². The number of carbonyl (C=O) groups is 2. The Morgan fingerprint density at radius 3 is 2.53 bits per heavy atom. The van der Waals surface area contributed by atoms with Gasteiger partial charge >= 0.3 is 5.97 Å². The Bertz CT molecular complexity index is 1040. The molecule has 4 nitrogen and oxygen atoms in total. The highest BCUT2D eigenvalue weighted by molar-refractivity contribution is 9.10. The first-order chi connectivity index (χ1) is 14.5. The number of thioether (sulfide) groups is 1. The van der Waals surface area contributed by atoms with Crippen molar-refractivity contribution in [1.29, 1.82) is 0 Å². The van der Waals surface area contributed by atoms with Gasteiger partial charge in [0.05, 0.1) is 5.75 Å². The third-order valence-electron chi connectivity index (χ3n) is 4.91. The van der Waals surface area contributed by atoms with Crippen LogP contribution >= 0.6 is 27.7 Å². The Kier molecular flexibility index (Phi) is 7.94. The molecule has 1 N–H and O–H groups in total. The van der Waals surface area contributed by atoms with Crippen LogP contribution < -0.4 is 5.32 Å². The Hall–Kier alpha value is -2.31. The lowest BCUT2D eigenvalue weighted by atomic mass is 9.99. The van der Waals surface area contributed by atoms with E-state index in [1.54, 1.807) is 0 Å². The summed E-state index contributed by atoms with van der Waals surface area (Å²) in [5.74, 6) is -0.164. The van der Waals surface area contributed by atoms with Gasteiger partial charge < -0.3 is 10.1 Å². The van der Waals surface area contributed by atoms with Crippen LogP contribution in [0.3, 0.4) is 0 Å². The Morgan fingerprint density at radius 1 is 1.07 bits per heavy atom. The zero-order chi connectivity index (χ0) is 21.5. The number of anilines is 1. The van der Waals surface area contributed by atoms with Crippen molar-refractivity contribution in [2.75, 3.05) is 17.7 Å². The molecule has 0 saturated carbocycles. The number of halogens is 1. The Morgan fingerprint density at radius 2 is 1.80 bits per heavy atom. The number of carbonyl (C=O) groups excluding carboxylic acids is 2. The van der Waals surface area contributed by atoms with Crippen molar-refractivity contribution in [1.82, 2.24) is 0 Å². The molecule has 0 spiro atoms. The molecule has 0 unspecified atom stereocenters. The third kappa shape index (κ3) is 5.86. The first-order valence-corrected chi connectivity index (χ1v) is 11.6. The van der Waals surface area contributed by atoms with E-state index in [9.17, 15) is 9.59 Å². The van der Waals surface area contributed by atoms with Crippen LogP contribution in [0.25, 0.3) is 10.8 Å². The molecule has 0 fully saturated rings. The number of rotatable bonds is 8. The molecular formula is C24H24BrNO3S. The normalized spacial score (nSPS) is 11.8. The molecule has 0 saturated heterocycles. The minimum Gasteiger partial charge on any atom is -0.455 e. The Labute approximate surface area is 189 Å². The minimum absolute atomic E-state index is 0.133. The lowest BCUT2D eigenvalue weighted by Crippen LogP contribution is -2.21. The van der Waals surface area contributed by atoms with E-state index in [2.05, 4.69) is 35.1 Å². The lowest BCUT2D eigenvalue weighted by Gasteiger charge is -2.11. The zero-order valence-electron chi connectivity index (χ0n) is 17.0. The average Bonchev–Trinajstić information content (AvgIpc) is 2.77. The summed E-state index contributed by atoms with van der Waals surface area (Å²) in [6.45, 7) is 4.01. The first kappa shape index (κ1) is 22.4. The molecule has 1 atom stereocenters. The van der Waals surface area contributed by atoms with E-state index >= 15 is 0 Å². The molecule has 0 heterocycles. The maximum Gasteiger partial charge on any atom is 0.316 e. The molecule has 0 bridgehead atoms. The van der Waals surface area contributed by atoms with E-state index in [-0.39, 0.29) is 18.3 Å². The van der Waals surface area contributed by atoms with Gasteiger partial charge in [-0.2, -0.15) is 0 Å². The first-order valence-electron chi connectivity index (χ1n) is 9.83. The maximum absolute atomic E-state index is 12.1.